The molecule has 0 unspecified atom stereocenters. The van der Waals surface area contributed by atoms with Gasteiger partial charge >= 0.3 is 5.97 Å². The van der Waals surface area contributed by atoms with Crippen LogP contribution in [-0.2, 0) is 11.2 Å². The second-order valence-electron chi connectivity index (χ2n) is 7.38. The van der Waals surface area contributed by atoms with Crippen LogP contribution in [0.1, 0.15) is 37.1 Å². The highest BCUT2D eigenvalue weighted by molar-refractivity contribution is 5.90. The predicted octanol–water partition coefficient (Wildman–Crippen LogP) is 3.35. The van der Waals surface area contributed by atoms with Gasteiger partial charge < -0.3 is 20.3 Å². The lowest BCUT2D eigenvalue weighted by molar-refractivity contribution is -0.134. The van der Waals surface area contributed by atoms with Crippen molar-refractivity contribution in [1.29, 1.82) is 0 Å². The molecule has 2 aromatic rings. The fourth-order valence-corrected chi connectivity index (χ4v) is 4.91. The summed E-state index contributed by atoms with van der Waals surface area (Å²) in [6.07, 6.45) is 3.16. The van der Waals surface area contributed by atoms with Crippen molar-refractivity contribution in [3.05, 3.63) is 41.3 Å². The molecule has 1 fully saturated rings. The lowest BCUT2D eigenvalue weighted by Crippen LogP contribution is -2.46. The first-order valence-corrected chi connectivity index (χ1v) is 9.19. The molecule has 0 radical (unpaired) electrons. The molecule has 2 aliphatic heterocycles. The number of aromatic hydroxyl groups is 1. The monoisotopic (exact) mass is 356 g/mol. The number of hydrogen-bond acceptors (Lipinski definition) is 4. The van der Waals surface area contributed by atoms with E-state index < -0.39 is 5.97 Å². The molecule has 6 nitrogen and oxygen atoms in total. The third kappa shape index (κ3) is 2.48. The fourth-order valence-electron chi connectivity index (χ4n) is 4.91. The van der Waals surface area contributed by atoms with Crippen LogP contribution in [0.2, 0.25) is 0 Å². The number of carboxylic acids is 1. The molecule has 138 valence electrons. The molecule has 1 saturated heterocycles. The Morgan fingerprint density at radius 3 is 2.92 bits per heavy atom. The first-order valence-electron chi connectivity index (χ1n) is 9.19. The summed E-state index contributed by atoms with van der Waals surface area (Å²) < 4.78 is 0. The zero-order valence-electron chi connectivity index (χ0n) is 14.8. The number of fused-ring (bicyclic) bond motifs is 5. The van der Waals surface area contributed by atoms with Crippen LogP contribution in [0.25, 0.3) is 10.9 Å². The van der Waals surface area contributed by atoms with Gasteiger partial charge in [0, 0.05) is 29.7 Å². The van der Waals surface area contributed by atoms with Crippen LogP contribution in [0.4, 0.5) is 0 Å². The second-order valence-corrected chi connectivity index (χ2v) is 7.38. The highest BCUT2D eigenvalue weighted by Crippen LogP contribution is 2.46. The molecule has 4 rings (SSSR count). The Labute approximate surface area is 151 Å². The molecular weight excluding hydrogens is 332 g/mol. The molecule has 26 heavy (non-hydrogen) atoms. The van der Waals surface area contributed by atoms with E-state index in [1.807, 2.05) is 12.1 Å². The summed E-state index contributed by atoms with van der Waals surface area (Å²) in [5.41, 5.74) is 3.23. The summed E-state index contributed by atoms with van der Waals surface area (Å²) in [6.45, 7) is 3.79. The van der Waals surface area contributed by atoms with Crippen molar-refractivity contribution in [3.8, 4) is 5.75 Å². The standard InChI is InChI=1S/C20H24N2O4/c1-2-11-9-22-7-6-12-18-15(4-3-5-17(18)24)21-19(12)16(22)8-13(11)14(10-23)20(25)26/h3-5,10-11,13,16,21,23-24H,2,6-9H2,1H3,(H,25,26)/t11-,13+,16+/m1/s1. The molecule has 6 heteroatoms. The topological polar surface area (TPSA) is 96.8 Å². The lowest BCUT2D eigenvalue weighted by Gasteiger charge is -2.46. The van der Waals surface area contributed by atoms with E-state index in [9.17, 15) is 20.1 Å². The van der Waals surface area contributed by atoms with Crippen molar-refractivity contribution in [2.45, 2.75) is 32.2 Å². The van der Waals surface area contributed by atoms with E-state index in [1.165, 1.54) is 0 Å². The molecule has 4 N–H and O–H groups in total. The van der Waals surface area contributed by atoms with E-state index in [0.717, 1.165) is 54.4 Å². The van der Waals surface area contributed by atoms with Crippen LogP contribution in [0.15, 0.2) is 30.0 Å². The number of nitrogens with zero attached hydrogens (tertiary/aromatic N) is 1. The van der Waals surface area contributed by atoms with Gasteiger partial charge in [-0.15, -0.1) is 0 Å². The first-order chi connectivity index (χ1) is 12.5. The molecule has 1 aromatic heterocycles. The first kappa shape index (κ1) is 17.0. The zero-order valence-corrected chi connectivity index (χ0v) is 14.8. The molecule has 0 spiro atoms. The maximum absolute atomic E-state index is 11.6. The van der Waals surface area contributed by atoms with Crippen molar-refractivity contribution in [3.63, 3.8) is 0 Å². The third-order valence-electron chi connectivity index (χ3n) is 6.19. The SMILES string of the molecule is CC[C@@H]1CN2CCc3c([nH]c4cccc(O)c34)[C@@H]2C[C@@H]1C(=CO)C(=O)O. The van der Waals surface area contributed by atoms with Crippen LogP contribution in [0, 0.1) is 11.8 Å². The number of aromatic nitrogens is 1. The summed E-state index contributed by atoms with van der Waals surface area (Å²) in [6, 6.07) is 5.57. The number of aliphatic carboxylic acids is 1. The Bertz CT molecular complexity index is 885. The number of rotatable bonds is 3. The molecular formula is C20H24N2O4. The Morgan fingerprint density at radius 2 is 2.23 bits per heavy atom. The number of nitrogens with one attached hydrogen (secondary N) is 1. The number of carbonyl (C=O) groups is 1. The van der Waals surface area contributed by atoms with E-state index >= 15 is 0 Å². The Hall–Kier alpha value is -2.47. The number of benzene rings is 1. The van der Waals surface area contributed by atoms with Gasteiger partial charge in [0.1, 0.15) is 5.75 Å². The Kier molecular flexibility index (Phi) is 4.15. The highest BCUT2D eigenvalue weighted by Gasteiger charge is 2.42. The number of hydrogen-bond donors (Lipinski definition) is 4. The maximum atomic E-state index is 11.6. The largest absolute Gasteiger partial charge is 0.515 e. The minimum atomic E-state index is -1.05. The van der Waals surface area contributed by atoms with Crippen molar-refractivity contribution >= 4 is 16.9 Å². The van der Waals surface area contributed by atoms with E-state index in [2.05, 4.69) is 16.8 Å². The summed E-state index contributed by atoms with van der Waals surface area (Å²) in [5, 5.41) is 30.2. The number of piperidine rings is 1. The highest BCUT2D eigenvalue weighted by atomic mass is 16.4. The number of phenolic OH excluding ortho intramolecular Hbond substituents is 1. The van der Waals surface area contributed by atoms with Gasteiger partial charge in [-0.05, 0) is 42.4 Å². The predicted molar refractivity (Wildman–Crippen MR) is 98.2 cm³/mol. The number of phenols is 1. The maximum Gasteiger partial charge on any atom is 0.334 e. The Balaban J connectivity index is 1.77. The van der Waals surface area contributed by atoms with Gasteiger partial charge in [-0.25, -0.2) is 4.79 Å². The summed E-state index contributed by atoms with van der Waals surface area (Å²) in [7, 11) is 0. The number of aliphatic hydroxyl groups excluding tert-OH is 1. The average Bonchev–Trinajstić information content (AvgIpc) is 3.01. The molecule has 1 aromatic carbocycles. The van der Waals surface area contributed by atoms with Gasteiger partial charge in [-0.2, -0.15) is 0 Å². The Morgan fingerprint density at radius 1 is 1.42 bits per heavy atom. The van der Waals surface area contributed by atoms with E-state index in [0.29, 0.717) is 6.42 Å². The van der Waals surface area contributed by atoms with Crippen LogP contribution >= 0.6 is 0 Å². The summed E-state index contributed by atoms with van der Waals surface area (Å²) in [4.78, 5) is 17.5. The smallest absolute Gasteiger partial charge is 0.334 e. The van der Waals surface area contributed by atoms with Gasteiger partial charge in [-0.3, -0.25) is 4.90 Å². The van der Waals surface area contributed by atoms with Crippen molar-refractivity contribution in [2.24, 2.45) is 11.8 Å². The molecule has 0 amide bonds. The van der Waals surface area contributed by atoms with Crippen LogP contribution < -0.4 is 0 Å². The van der Waals surface area contributed by atoms with Gasteiger partial charge in [0.05, 0.1) is 17.9 Å². The molecule has 3 atom stereocenters. The summed E-state index contributed by atoms with van der Waals surface area (Å²) >= 11 is 0. The number of aromatic amines is 1. The van der Waals surface area contributed by atoms with Crippen LogP contribution in [0.3, 0.4) is 0 Å². The number of H-pyrrole nitrogens is 1. The average molecular weight is 356 g/mol. The minimum absolute atomic E-state index is 0.0765. The lowest BCUT2D eigenvalue weighted by atomic mass is 9.74. The fraction of sp³-hybridized carbons (Fsp3) is 0.450. The normalized spacial score (nSPS) is 26.5. The van der Waals surface area contributed by atoms with Crippen LogP contribution in [-0.4, -0.2) is 44.3 Å². The van der Waals surface area contributed by atoms with Crippen molar-refractivity contribution < 1.29 is 20.1 Å². The van der Waals surface area contributed by atoms with Crippen LogP contribution in [0.5, 0.6) is 5.75 Å². The van der Waals surface area contributed by atoms with Gasteiger partial charge in [0.15, 0.2) is 0 Å². The quantitative estimate of drug-likeness (QED) is 0.500. The zero-order chi connectivity index (χ0) is 18.4. The van der Waals surface area contributed by atoms with E-state index in [1.54, 1.807) is 6.07 Å². The summed E-state index contributed by atoms with van der Waals surface area (Å²) in [5.74, 6) is -0.738. The molecule has 0 bridgehead atoms. The van der Waals surface area contributed by atoms with Gasteiger partial charge in [0.25, 0.3) is 0 Å². The van der Waals surface area contributed by atoms with Gasteiger partial charge in [0.2, 0.25) is 0 Å². The van der Waals surface area contributed by atoms with E-state index in [4.69, 9.17) is 0 Å². The third-order valence-corrected chi connectivity index (χ3v) is 6.19. The molecule has 0 aliphatic carbocycles. The van der Waals surface area contributed by atoms with Crippen molar-refractivity contribution in [1.82, 2.24) is 9.88 Å². The molecule has 0 saturated carbocycles. The molecule has 2 aliphatic rings. The number of aliphatic hydroxyl groups is 1. The molecule has 3 heterocycles. The number of carboxylic acid groups (broad SMARTS) is 1. The van der Waals surface area contributed by atoms with E-state index in [-0.39, 0.29) is 29.2 Å². The second kappa shape index (κ2) is 6.36. The minimum Gasteiger partial charge on any atom is -0.515 e. The van der Waals surface area contributed by atoms with Gasteiger partial charge in [-0.1, -0.05) is 19.4 Å². The van der Waals surface area contributed by atoms with Crippen molar-refractivity contribution in [2.75, 3.05) is 13.1 Å².